The van der Waals surface area contributed by atoms with Gasteiger partial charge in [0.2, 0.25) is 0 Å². The van der Waals surface area contributed by atoms with Gasteiger partial charge in [0.15, 0.2) is 0 Å². The van der Waals surface area contributed by atoms with Crippen molar-refractivity contribution in [2.24, 2.45) is 5.92 Å². The third-order valence-corrected chi connectivity index (χ3v) is 2.45. The quantitative estimate of drug-likeness (QED) is 0.657. The summed E-state index contributed by atoms with van der Waals surface area (Å²) in [5.41, 5.74) is 4.34. The summed E-state index contributed by atoms with van der Waals surface area (Å²) >= 11 is 0. The number of hydrogen-bond donors (Lipinski definition) is 1. The van der Waals surface area contributed by atoms with Gasteiger partial charge in [0.05, 0.1) is 0 Å². The van der Waals surface area contributed by atoms with Gasteiger partial charge in [-0.3, -0.25) is 0 Å². The second-order valence-electron chi connectivity index (χ2n) is 3.83. The van der Waals surface area contributed by atoms with Crippen molar-refractivity contribution in [2.45, 2.75) is 34.6 Å². The summed E-state index contributed by atoms with van der Waals surface area (Å²) in [4.78, 5) is 0. The first kappa shape index (κ1) is 12.4. The summed E-state index contributed by atoms with van der Waals surface area (Å²) in [6.07, 6.45) is 2.22. The van der Waals surface area contributed by atoms with Crippen LogP contribution in [0.2, 0.25) is 0 Å². The first-order valence-corrected chi connectivity index (χ1v) is 5.02. The molecule has 0 spiro atoms. The van der Waals surface area contributed by atoms with E-state index in [0.29, 0.717) is 5.92 Å². The molecule has 0 heterocycles. The second kappa shape index (κ2) is 5.98. The van der Waals surface area contributed by atoms with E-state index in [1.54, 1.807) is 0 Å². The first-order valence-electron chi connectivity index (χ1n) is 5.02. The second-order valence-corrected chi connectivity index (χ2v) is 3.83. The Bertz CT molecular complexity index is 209. The lowest BCUT2D eigenvalue weighted by Gasteiger charge is -2.15. The van der Waals surface area contributed by atoms with E-state index in [1.165, 1.54) is 16.7 Å². The van der Waals surface area contributed by atoms with Crippen LogP contribution in [0, 0.1) is 5.92 Å². The monoisotopic (exact) mass is 181 g/mol. The van der Waals surface area contributed by atoms with Gasteiger partial charge in [0, 0.05) is 6.54 Å². The number of nitrogens with one attached hydrogen (secondary N) is 1. The molecule has 1 N–H and O–H groups in total. The van der Waals surface area contributed by atoms with Crippen molar-refractivity contribution in [3.05, 3.63) is 22.8 Å². The molecular formula is C12H23N. The fraction of sp³-hybridized carbons (Fsp3) is 0.667. The van der Waals surface area contributed by atoms with Gasteiger partial charge in [-0.05, 0) is 44.9 Å². The lowest BCUT2D eigenvalue weighted by atomic mass is 9.93. The molecule has 0 bridgehead atoms. The Morgan fingerprint density at radius 1 is 1.31 bits per heavy atom. The normalized spacial score (nSPS) is 14.8. The summed E-state index contributed by atoms with van der Waals surface area (Å²) in [5, 5.41) is 3.18. The van der Waals surface area contributed by atoms with Crippen molar-refractivity contribution in [3.63, 3.8) is 0 Å². The van der Waals surface area contributed by atoms with Crippen molar-refractivity contribution in [2.75, 3.05) is 13.6 Å². The molecule has 0 radical (unpaired) electrons. The highest BCUT2D eigenvalue weighted by atomic mass is 14.8. The maximum absolute atomic E-state index is 3.18. The van der Waals surface area contributed by atoms with Crippen LogP contribution in [0.5, 0.6) is 0 Å². The molecular weight excluding hydrogens is 158 g/mol. The van der Waals surface area contributed by atoms with E-state index in [9.17, 15) is 0 Å². The smallest absolute Gasteiger partial charge is 0.0164 e. The van der Waals surface area contributed by atoms with Crippen molar-refractivity contribution >= 4 is 0 Å². The number of hydrogen-bond acceptors (Lipinski definition) is 1. The Kier molecular flexibility index (Phi) is 5.72. The summed E-state index contributed by atoms with van der Waals surface area (Å²) in [7, 11) is 1.99. The standard InChI is InChI=1S/C12H23N/c1-7-12(9(2)3)11(5)10(4)8-13-6/h7,9,13H,8H2,1-6H3/b11-10+,12-7-. The van der Waals surface area contributed by atoms with E-state index in [-0.39, 0.29) is 0 Å². The lowest BCUT2D eigenvalue weighted by Crippen LogP contribution is -2.11. The Balaban J connectivity index is 4.72. The number of rotatable bonds is 4. The van der Waals surface area contributed by atoms with Crippen molar-refractivity contribution in [1.29, 1.82) is 0 Å². The van der Waals surface area contributed by atoms with E-state index < -0.39 is 0 Å². The molecule has 13 heavy (non-hydrogen) atoms. The van der Waals surface area contributed by atoms with Crippen LogP contribution in [0.1, 0.15) is 34.6 Å². The Labute approximate surface area is 82.9 Å². The molecule has 0 aromatic rings. The average Bonchev–Trinajstić information content (AvgIpc) is 2.05. The summed E-state index contributed by atoms with van der Waals surface area (Å²) < 4.78 is 0. The van der Waals surface area contributed by atoms with E-state index in [1.807, 2.05) is 7.05 Å². The molecule has 76 valence electrons. The largest absolute Gasteiger partial charge is 0.316 e. The van der Waals surface area contributed by atoms with E-state index >= 15 is 0 Å². The zero-order chi connectivity index (χ0) is 10.4. The molecule has 0 fully saturated rings. The minimum Gasteiger partial charge on any atom is -0.316 e. The predicted octanol–water partition coefficient (Wildman–Crippen LogP) is 3.14. The Morgan fingerprint density at radius 2 is 1.85 bits per heavy atom. The molecule has 0 saturated heterocycles. The van der Waals surface area contributed by atoms with Crippen LogP contribution < -0.4 is 5.32 Å². The maximum Gasteiger partial charge on any atom is 0.0164 e. The van der Waals surface area contributed by atoms with Gasteiger partial charge in [-0.25, -0.2) is 0 Å². The zero-order valence-electron chi connectivity index (χ0n) is 9.86. The van der Waals surface area contributed by atoms with Gasteiger partial charge in [0.1, 0.15) is 0 Å². The third kappa shape index (κ3) is 3.77. The predicted molar refractivity (Wildman–Crippen MR) is 60.9 cm³/mol. The molecule has 0 aliphatic heterocycles. The molecule has 1 heteroatoms. The fourth-order valence-corrected chi connectivity index (χ4v) is 1.63. The molecule has 0 saturated carbocycles. The van der Waals surface area contributed by atoms with E-state index in [2.05, 4.69) is 46.0 Å². The van der Waals surface area contributed by atoms with Gasteiger partial charge in [-0.1, -0.05) is 25.5 Å². The molecule has 0 amide bonds. The van der Waals surface area contributed by atoms with Crippen LogP contribution in [0.3, 0.4) is 0 Å². The van der Waals surface area contributed by atoms with Crippen LogP contribution in [-0.4, -0.2) is 13.6 Å². The summed E-state index contributed by atoms with van der Waals surface area (Å²) in [6.45, 7) is 12.0. The lowest BCUT2D eigenvalue weighted by molar-refractivity contribution is 0.765. The van der Waals surface area contributed by atoms with Crippen molar-refractivity contribution in [3.8, 4) is 0 Å². The van der Waals surface area contributed by atoms with Gasteiger partial charge < -0.3 is 5.32 Å². The summed E-state index contributed by atoms with van der Waals surface area (Å²) in [6, 6.07) is 0. The zero-order valence-corrected chi connectivity index (χ0v) is 9.86. The molecule has 0 aromatic carbocycles. The van der Waals surface area contributed by atoms with Crippen LogP contribution in [0.4, 0.5) is 0 Å². The van der Waals surface area contributed by atoms with Crippen LogP contribution in [0.25, 0.3) is 0 Å². The molecule has 0 aliphatic carbocycles. The highest BCUT2D eigenvalue weighted by Gasteiger charge is 2.06. The highest BCUT2D eigenvalue weighted by molar-refractivity contribution is 5.34. The maximum atomic E-state index is 3.18. The molecule has 0 atom stereocenters. The topological polar surface area (TPSA) is 12.0 Å². The molecule has 1 nitrogen and oxygen atoms in total. The first-order chi connectivity index (χ1) is 6.04. The van der Waals surface area contributed by atoms with Gasteiger partial charge in [0.25, 0.3) is 0 Å². The van der Waals surface area contributed by atoms with Gasteiger partial charge in [-0.15, -0.1) is 0 Å². The van der Waals surface area contributed by atoms with Gasteiger partial charge >= 0.3 is 0 Å². The van der Waals surface area contributed by atoms with Crippen LogP contribution >= 0.6 is 0 Å². The fourth-order valence-electron chi connectivity index (χ4n) is 1.63. The van der Waals surface area contributed by atoms with Crippen LogP contribution in [-0.2, 0) is 0 Å². The average molecular weight is 181 g/mol. The minimum absolute atomic E-state index is 0.622. The number of allylic oxidation sites excluding steroid dienone is 3. The van der Waals surface area contributed by atoms with E-state index in [4.69, 9.17) is 0 Å². The molecule has 0 unspecified atom stereocenters. The van der Waals surface area contributed by atoms with Gasteiger partial charge in [-0.2, -0.15) is 0 Å². The van der Waals surface area contributed by atoms with Crippen molar-refractivity contribution in [1.82, 2.24) is 5.32 Å². The Hall–Kier alpha value is -0.560. The van der Waals surface area contributed by atoms with E-state index in [0.717, 1.165) is 6.54 Å². The SMILES string of the molecule is C/C=C(\C(C)=C(/C)CNC)C(C)C. The summed E-state index contributed by atoms with van der Waals surface area (Å²) in [5.74, 6) is 0.622. The van der Waals surface area contributed by atoms with Crippen molar-refractivity contribution < 1.29 is 0 Å². The Morgan fingerprint density at radius 3 is 2.15 bits per heavy atom. The minimum atomic E-state index is 0.622. The molecule has 0 rings (SSSR count). The number of likely N-dealkylation sites (N-methyl/N-ethyl adjacent to an activating group) is 1. The molecule has 0 aromatic heterocycles. The highest BCUT2D eigenvalue weighted by Crippen LogP contribution is 2.21. The molecule has 0 aliphatic rings. The van der Waals surface area contributed by atoms with Crippen LogP contribution in [0.15, 0.2) is 22.8 Å². The third-order valence-electron chi connectivity index (χ3n) is 2.45.